The number of nitrogens with one attached hydrogen (secondary N) is 6. The summed E-state index contributed by atoms with van der Waals surface area (Å²) in [5.74, 6) is 2.19. The zero-order valence-corrected chi connectivity index (χ0v) is 72.1. The lowest BCUT2D eigenvalue weighted by atomic mass is 9.96. The number of fused-ring (bicyclic) bond motifs is 2. The number of amides is 4. The first kappa shape index (κ1) is 90.5. The number of carbonyl (C=O) groups is 6. The Morgan fingerprint density at radius 1 is 0.496 bits per heavy atom. The van der Waals surface area contributed by atoms with Crippen LogP contribution in [0.2, 0.25) is 0 Å². The Balaban J connectivity index is 0.000000182. The van der Waals surface area contributed by atoms with E-state index in [9.17, 15) is 33.0 Å². The van der Waals surface area contributed by atoms with Crippen molar-refractivity contribution in [1.29, 1.82) is 0 Å². The van der Waals surface area contributed by atoms with E-state index in [0.29, 0.717) is 83.2 Å². The summed E-state index contributed by atoms with van der Waals surface area (Å²) in [6.07, 6.45) is 16.1. The average molecular weight is 1690 g/mol. The van der Waals surface area contributed by atoms with Crippen LogP contribution in [0.1, 0.15) is 138 Å². The minimum Gasteiger partial charge on any atom is -0.444 e. The molecule has 4 amide bonds. The highest BCUT2D eigenvalue weighted by molar-refractivity contribution is 7.98. The van der Waals surface area contributed by atoms with Crippen molar-refractivity contribution >= 4 is 161 Å². The van der Waals surface area contributed by atoms with Crippen LogP contribution in [0.15, 0.2) is 126 Å². The summed E-state index contributed by atoms with van der Waals surface area (Å²) in [6.45, 7) is 29.0. The van der Waals surface area contributed by atoms with E-state index in [4.69, 9.17) is 32.4 Å². The zero-order valence-electron chi connectivity index (χ0n) is 70.5. The molecule has 642 valence electrons. The third-order valence-corrected chi connectivity index (χ3v) is 20.5. The topological polar surface area (TPSA) is 485 Å². The molecule has 10 heterocycles. The van der Waals surface area contributed by atoms with Gasteiger partial charge in [-0.25, -0.2) is 59.2 Å². The molecule has 0 spiro atoms. The van der Waals surface area contributed by atoms with Gasteiger partial charge in [-0.15, -0.1) is 0 Å². The molecule has 36 nitrogen and oxygen atoms in total. The van der Waals surface area contributed by atoms with Crippen LogP contribution >= 0.6 is 11.8 Å². The van der Waals surface area contributed by atoms with Gasteiger partial charge in [-0.05, 0) is 191 Å². The molecule has 121 heavy (non-hydrogen) atoms. The lowest BCUT2D eigenvalue weighted by Gasteiger charge is -2.36. The predicted octanol–water partition coefficient (Wildman–Crippen LogP) is 11.9. The Morgan fingerprint density at radius 2 is 0.893 bits per heavy atom. The van der Waals surface area contributed by atoms with Gasteiger partial charge in [-0.3, -0.25) is 23.9 Å². The Bertz CT molecular complexity index is 5310. The van der Waals surface area contributed by atoms with E-state index >= 15 is 0 Å². The first-order valence-corrected chi connectivity index (χ1v) is 42.3. The molecule has 14 N–H and O–H groups in total. The molecule has 7 aromatic heterocycles. The second-order valence-corrected chi connectivity index (χ2v) is 32.9. The number of nitrogens with two attached hydrogens (primary N) is 4. The number of nitrogens with zero attached hydrogens (tertiary/aromatic N) is 17. The van der Waals surface area contributed by atoms with E-state index in [2.05, 4.69) is 119 Å². The Kier molecular flexibility index (Phi) is 31.2. The Morgan fingerprint density at radius 3 is 1.31 bits per heavy atom. The number of hydrogen-bond donors (Lipinski definition) is 10. The summed E-state index contributed by atoms with van der Waals surface area (Å²) in [7, 11) is -1.27. The molecule has 4 aliphatic rings. The highest BCUT2D eigenvalue weighted by Crippen LogP contribution is 2.29. The van der Waals surface area contributed by atoms with Crippen molar-refractivity contribution in [2.24, 2.45) is 0 Å². The normalized spacial score (nSPS) is 14.5. The second kappa shape index (κ2) is 41.7. The van der Waals surface area contributed by atoms with Crippen LogP contribution in [0.3, 0.4) is 0 Å². The van der Waals surface area contributed by atoms with Crippen LogP contribution in [0.5, 0.6) is 0 Å². The van der Waals surface area contributed by atoms with Crippen LogP contribution in [0.25, 0.3) is 22.1 Å². The molecule has 1 atom stereocenters. The maximum absolute atomic E-state index is 12.5. The van der Waals surface area contributed by atoms with Gasteiger partial charge in [0, 0.05) is 168 Å². The molecule has 1 aliphatic carbocycles. The van der Waals surface area contributed by atoms with E-state index in [1.165, 1.54) is 82.3 Å². The monoisotopic (exact) mass is 1690 g/mol. The summed E-state index contributed by atoms with van der Waals surface area (Å²) in [5.41, 5.74) is 31.6. The summed E-state index contributed by atoms with van der Waals surface area (Å²) >= 11 is 1.39. The molecule has 3 aliphatic heterocycles. The van der Waals surface area contributed by atoms with Crippen molar-refractivity contribution in [3.63, 3.8) is 0 Å². The van der Waals surface area contributed by atoms with Gasteiger partial charge in [-0.2, -0.15) is 15.0 Å². The van der Waals surface area contributed by atoms with E-state index < -0.39 is 22.0 Å². The van der Waals surface area contributed by atoms with E-state index in [1.54, 1.807) is 22.2 Å². The fourth-order valence-electron chi connectivity index (χ4n) is 12.9. The van der Waals surface area contributed by atoms with E-state index in [1.807, 2.05) is 134 Å². The minimum absolute atomic E-state index is 0. The number of ether oxygens (including phenoxy) is 2. The Labute approximate surface area is 711 Å². The number of rotatable bonds is 16. The van der Waals surface area contributed by atoms with Gasteiger partial charge in [-0.1, -0.05) is 31.0 Å². The van der Waals surface area contributed by atoms with Crippen LogP contribution in [-0.2, 0) is 20.3 Å². The molecule has 3 saturated heterocycles. The summed E-state index contributed by atoms with van der Waals surface area (Å²) in [4.78, 5) is 131. The minimum atomic E-state index is -1.27. The summed E-state index contributed by atoms with van der Waals surface area (Å²) in [6, 6.07) is 27.9. The number of piperazine rings is 3. The molecule has 14 rings (SSSR count). The van der Waals surface area contributed by atoms with Crippen molar-refractivity contribution in [3.8, 4) is 0 Å². The number of thioether (sulfide) groups is 1. The molecule has 4 fully saturated rings. The molecule has 0 radical (unpaired) electrons. The number of pyridine rings is 2. The molecular weight excluding hydrogens is 1580 g/mol. The number of Topliss-reactive ketones (excluding diaryl/α,β-unsaturated/α-hetero) is 3. The highest BCUT2D eigenvalue weighted by atomic mass is 32.2. The number of anilines is 14. The second-order valence-electron chi connectivity index (χ2n) is 30.9. The van der Waals surface area contributed by atoms with Crippen LogP contribution in [0.4, 0.5) is 95.4 Å². The van der Waals surface area contributed by atoms with Gasteiger partial charge in [0.2, 0.25) is 23.0 Å². The van der Waals surface area contributed by atoms with Crippen LogP contribution in [-0.4, -0.2) is 218 Å². The smallest absolute Gasteiger partial charge is 0.410 e. The lowest BCUT2D eigenvalue weighted by molar-refractivity contribution is 0.0230. The largest absolute Gasteiger partial charge is 0.444 e. The first-order valence-electron chi connectivity index (χ1n) is 39.5. The SMILES string of the molecule is CC(=O)c1cnc(Nc2ccc(N3CCN(C(=O)OC(C)(C)C)CC3)cc2)nc1N.CC(=O)c1cnc(S(C)=O)nc1N.CSc1ncc(C(C)=O)c(N)n1.Cc1cc(N)nc2nc(Nc3ccc(N4CCN(C(=O)OC(C)(C)C)CC4)cc3)ncc12.Cc1cc(NC(=O)NC2CCCCC2)nc2nc(Nc3ccc(N4CCNCC4)cc3)ncc12.[HH]. The molecule has 10 aromatic rings. The summed E-state index contributed by atoms with van der Waals surface area (Å²) in [5, 5.41) is 21.3. The number of urea groups is 1. The standard InChI is InChI=1S/C25H32N8O.C23H29N7O2.C21H28N6O3.C7H9N3O2S.C7H9N3OS.H2/c1-17-15-22(31-25(34)29-18-5-3-2-4-6-18)30-23-21(17)16-27-24(32-23)28-19-7-9-20(10-8-19)33-13-11-26-12-14-33;1-15-13-19(24)27-20-18(15)14-25-21(28-20)26-16-5-7-17(8-6-16)29-9-11-30(12-10-29)22(31)32-23(2,3)4;1-14(28)17-13-23-19(25-18(17)22)24-15-5-7-16(8-6-15)26-9-11-27(12-10-26)20(29)30-21(2,3)4;1-4(11)5-3-9-7(13(2)12)10-6(5)8;1-4(11)5-3-9-7(12-2)10-6(5)8;/h7-10,15-16,18,26H,2-6,11-14H2,1H3,(H3,27,28,29,30,31,32,34);5-8,13-14H,9-12H2,1-4H3,(H3,24,25,26,27,28);5-8,13H,9-12H2,1-4H3,(H3,22,23,24,25);3H,1-2H3,(H2,8,9,10);3H,1-2H3,(H2,8,9,10);1H. The van der Waals surface area contributed by atoms with E-state index in [0.717, 1.165) is 116 Å². The maximum atomic E-state index is 12.5. The highest BCUT2D eigenvalue weighted by Gasteiger charge is 2.29. The zero-order chi connectivity index (χ0) is 87.2. The Hall–Kier alpha value is -12.8. The van der Waals surface area contributed by atoms with Crippen LogP contribution in [0, 0.1) is 13.8 Å². The van der Waals surface area contributed by atoms with Gasteiger partial charge in [0.05, 0.1) is 27.5 Å². The van der Waals surface area contributed by atoms with Crippen LogP contribution < -0.4 is 69.5 Å². The number of hydrogen-bond acceptors (Lipinski definition) is 33. The molecule has 1 unspecified atom stereocenters. The quantitative estimate of drug-likeness (QED) is 0.0244. The molecule has 3 aromatic carbocycles. The first-order chi connectivity index (χ1) is 57.6. The van der Waals surface area contributed by atoms with Gasteiger partial charge in [0.15, 0.2) is 33.8 Å². The molecule has 38 heteroatoms. The van der Waals surface area contributed by atoms with Crippen molar-refractivity contribution in [1.82, 2.24) is 80.2 Å². The van der Waals surface area contributed by atoms with Gasteiger partial charge in [0.25, 0.3) is 0 Å². The van der Waals surface area contributed by atoms with Crippen molar-refractivity contribution < 1.29 is 43.9 Å². The maximum Gasteiger partial charge on any atom is 0.410 e. The van der Waals surface area contributed by atoms with Gasteiger partial charge < -0.3 is 83.5 Å². The fourth-order valence-corrected chi connectivity index (χ4v) is 13.7. The number of benzene rings is 3. The molecular formula is C83H109N27O9S2. The van der Waals surface area contributed by atoms with Gasteiger partial charge in [0.1, 0.15) is 40.3 Å². The molecule has 0 bridgehead atoms. The van der Waals surface area contributed by atoms with Crippen molar-refractivity contribution in [3.05, 3.63) is 144 Å². The number of aromatic nitrogens is 12. The number of aryl methyl sites for hydroxylation is 2. The fraction of sp³-hybridized carbons (Fsp3) is 0.398. The molecule has 1 saturated carbocycles. The third kappa shape index (κ3) is 26.8. The number of nitrogen functional groups attached to an aromatic ring is 4. The number of carbonyl (C=O) groups excluding carboxylic acids is 6. The predicted molar refractivity (Wildman–Crippen MR) is 477 cm³/mol. The van der Waals surface area contributed by atoms with E-state index in [-0.39, 0.29) is 71.2 Å². The number of ketones is 3. The summed E-state index contributed by atoms with van der Waals surface area (Å²) < 4.78 is 21.8. The lowest BCUT2D eigenvalue weighted by Crippen LogP contribution is -2.50. The third-order valence-electron chi connectivity index (χ3n) is 19.2. The van der Waals surface area contributed by atoms with Gasteiger partial charge >= 0.3 is 18.2 Å². The van der Waals surface area contributed by atoms with Crippen molar-refractivity contribution in [2.45, 2.75) is 136 Å². The van der Waals surface area contributed by atoms with Crippen molar-refractivity contribution in [2.75, 3.05) is 150 Å². The average Bonchev–Trinajstić information content (AvgIpc) is 0.804.